The van der Waals surface area contributed by atoms with Gasteiger partial charge in [-0.2, -0.15) is 19.9 Å². The fraction of sp³-hybridized carbons (Fsp3) is 0. The van der Waals surface area contributed by atoms with E-state index in [0.717, 1.165) is 215 Å². The Labute approximate surface area is 857 Å². The second-order valence-corrected chi connectivity index (χ2v) is 37.4. The Morgan fingerprint density at radius 3 is 0.687 bits per heavy atom. The quantitative estimate of drug-likeness (QED) is 0.107. The summed E-state index contributed by atoms with van der Waals surface area (Å²) in [4.78, 5) is 60.0. The SMILES string of the molecule is c1ccc(-c2ccc(-c3nc(-c4ccccc4)nc(-n4c5ccccc5c5c6ncncc6c6c7ccccc7n(-c7ccccc7)c6c54)n3)cc2)cc1.c1ccc(-c2ccc(-n3c4ccccc4c4c5ncncc5c5c6ccccc6n(-c6ccccc6)c5c43)cc2)cc1.c1ccc(-c2cccc(-c3nc(-c4ccccc4)nc(-n4c5ccccc5c5c6ncncc6c6c7ccccc7n(-c7ccccc7)c6c54)n3)c2)cc1. The summed E-state index contributed by atoms with van der Waals surface area (Å²) in [6.45, 7) is 0. The van der Waals surface area contributed by atoms with Crippen LogP contribution in [0.1, 0.15) is 0 Å². The summed E-state index contributed by atoms with van der Waals surface area (Å²) in [5.41, 5.74) is 30.3. The fourth-order valence-corrected chi connectivity index (χ4v) is 22.6. The van der Waals surface area contributed by atoms with Crippen molar-refractivity contribution < 1.29 is 0 Å². The molecule has 31 aromatic rings. The summed E-state index contributed by atoms with van der Waals surface area (Å²) in [5.74, 6) is 3.41. The van der Waals surface area contributed by atoms with Gasteiger partial charge in [0.25, 0.3) is 0 Å². The summed E-state index contributed by atoms with van der Waals surface area (Å²) in [6.07, 6.45) is 10.8. The second kappa shape index (κ2) is 35.7. The molecule has 31 rings (SSSR count). The van der Waals surface area contributed by atoms with E-state index in [2.05, 4.69) is 431 Å². The largest absolute Gasteiger partial charge is 0.307 e. The van der Waals surface area contributed by atoms with Gasteiger partial charge in [0.15, 0.2) is 23.3 Å². The third-order valence-electron chi connectivity index (χ3n) is 29.0. The van der Waals surface area contributed by atoms with Crippen molar-refractivity contribution in [2.24, 2.45) is 0 Å². The molecule has 0 unspecified atom stereocenters. The maximum atomic E-state index is 5.35. The van der Waals surface area contributed by atoms with E-state index in [1.807, 2.05) is 91.4 Å². The minimum absolute atomic E-state index is 0.523. The molecule has 0 spiro atoms. The highest BCUT2D eigenvalue weighted by atomic mass is 15.2. The average molecular weight is 1920 g/mol. The van der Waals surface area contributed by atoms with Crippen LogP contribution in [0.2, 0.25) is 0 Å². The van der Waals surface area contributed by atoms with Gasteiger partial charge in [-0.1, -0.05) is 370 Å². The summed E-state index contributed by atoms with van der Waals surface area (Å²) < 4.78 is 14.0. The summed E-state index contributed by atoms with van der Waals surface area (Å²) in [5, 5.41) is 16.3. The highest BCUT2D eigenvalue weighted by Gasteiger charge is 2.32. The molecular formula is C132H82N18. The Morgan fingerprint density at radius 2 is 0.360 bits per heavy atom. The molecule has 0 radical (unpaired) electrons. The summed E-state index contributed by atoms with van der Waals surface area (Å²) in [7, 11) is 0. The minimum atomic E-state index is 0.523. The zero-order chi connectivity index (χ0) is 98.8. The van der Waals surface area contributed by atoms with E-state index >= 15 is 0 Å². The lowest BCUT2D eigenvalue weighted by Crippen LogP contribution is -2.07. The molecule has 150 heavy (non-hydrogen) atoms. The molecule has 11 aromatic heterocycles. The molecular weight excluding hydrogens is 1840 g/mol. The van der Waals surface area contributed by atoms with Crippen LogP contribution in [0, 0.1) is 0 Å². The van der Waals surface area contributed by atoms with Crippen LogP contribution in [0.25, 0.3) is 277 Å². The van der Waals surface area contributed by atoms with Gasteiger partial charge >= 0.3 is 0 Å². The number of benzene rings is 20. The molecule has 18 nitrogen and oxygen atoms in total. The molecule has 0 N–H and O–H groups in total. The van der Waals surface area contributed by atoms with Gasteiger partial charge in [0.1, 0.15) is 19.0 Å². The van der Waals surface area contributed by atoms with Crippen molar-refractivity contribution in [2.45, 2.75) is 0 Å². The first kappa shape index (κ1) is 86.0. The monoisotopic (exact) mass is 1920 g/mol. The predicted octanol–water partition coefficient (Wildman–Crippen LogP) is 31.5. The number of aromatic nitrogens is 18. The fourth-order valence-electron chi connectivity index (χ4n) is 22.6. The van der Waals surface area contributed by atoms with Crippen LogP contribution in [-0.2, 0) is 0 Å². The molecule has 0 amide bonds. The number of fused-ring (bicyclic) bond motifs is 30. The van der Waals surface area contributed by atoms with Crippen LogP contribution in [0.15, 0.2) is 499 Å². The van der Waals surface area contributed by atoms with Crippen molar-refractivity contribution in [1.29, 1.82) is 0 Å². The van der Waals surface area contributed by atoms with Gasteiger partial charge in [0.2, 0.25) is 11.9 Å². The van der Waals surface area contributed by atoms with E-state index in [1.165, 1.54) is 27.3 Å². The van der Waals surface area contributed by atoms with Crippen molar-refractivity contribution in [1.82, 2.24) is 87.2 Å². The topological polar surface area (TPSA) is 184 Å². The van der Waals surface area contributed by atoms with E-state index in [-0.39, 0.29) is 0 Å². The first-order chi connectivity index (χ1) is 74.5. The van der Waals surface area contributed by atoms with Crippen LogP contribution < -0.4 is 0 Å². The molecule has 0 bridgehead atoms. The van der Waals surface area contributed by atoms with Gasteiger partial charge in [0, 0.05) is 144 Å². The van der Waals surface area contributed by atoms with Crippen LogP contribution in [0.4, 0.5) is 0 Å². The van der Waals surface area contributed by atoms with E-state index in [9.17, 15) is 0 Å². The van der Waals surface area contributed by atoms with Crippen LogP contribution >= 0.6 is 0 Å². The van der Waals surface area contributed by atoms with Crippen LogP contribution in [0.3, 0.4) is 0 Å². The summed E-state index contributed by atoms with van der Waals surface area (Å²) in [6, 6.07) is 161. The lowest BCUT2D eigenvalue weighted by Gasteiger charge is -2.14. The maximum absolute atomic E-state index is 5.35. The summed E-state index contributed by atoms with van der Waals surface area (Å²) >= 11 is 0. The molecule has 0 aliphatic heterocycles. The van der Waals surface area contributed by atoms with Gasteiger partial charge in [-0.05, 0) is 124 Å². The molecule has 0 fully saturated rings. The van der Waals surface area contributed by atoms with Crippen molar-refractivity contribution in [3.05, 3.63) is 499 Å². The third kappa shape index (κ3) is 14.0. The van der Waals surface area contributed by atoms with Crippen LogP contribution in [-0.4, -0.2) is 87.2 Å². The average Bonchev–Trinajstić information content (AvgIpc) is 1.53. The first-order valence-corrected chi connectivity index (χ1v) is 50.0. The zero-order valence-electron chi connectivity index (χ0n) is 80.4. The molecule has 11 heterocycles. The Bertz CT molecular complexity index is 10800. The van der Waals surface area contributed by atoms with Gasteiger partial charge in [-0.3, -0.25) is 9.13 Å². The van der Waals surface area contributed by atoms with Gasteiger partial charge in [0.05, 0.1) is 82.8 Å². The number of hydrogen-bond acceptors (Lipinski definition) is 12. The standard InChI is InChI=1S/2C47H29N7.C38H24N4/c1-4-15-30(16-5-1)32-19-14-20-33(27-32)46-50-45(31-17-6-2-7-18-31)51-47(52-46)54-39-26-13-11-24-36(39)41-42-37(28-48-29-49-42)40-35-23-10-12-25-38(35)53(43(40)44(41)54)34-21-8-3-9-22-34;1-4-14-30(15-5-1)31-24-26-33(27-25-31)46-50-45(32-16-6-2-7-17-32)51-47(52-46)54-39-23-13-11-21-36(39)41-42-37(28-48-29-49-42)40-35-20-10-12-22-38(35)53(43(40)44(41)54)34-18-8-3-9-19-34;1-3-11-25(12-4-1)26-19-21-28(22-20-26)42-33-18-10-8-16-30(33)35-36-31(23-39-24-40-36)34-29-15-7-9-17-32(29)41(37(34)38(35)42)27-13-5-2-6-14-27/h2*1-29H;1-24H. The molecule has 0 saturated heterocycles. The lowest BCUT2D eigenvalue weighted by molar-refractivity contribution is 0.953. The van der Waals surface area contributed by atoms with Crippen molar-refractivity contribution in [3.8, 4) is 114 Å². The van der Waals surface area contributed by atoms with E-state index < -0.39 is 0 Å². The van der Waals surface area contributed by atoms with Crippen molar-refractivity contribution in [2.75, 3.05) is 0 Å². The minimum Gasteiger partial charge on any atom is -0.307 e. The van der Waals surface area contributed by atoms with Gasteiger partial charge in [-0.25, -0.2) is 39.9 Å². The lowest BCUT2D eigenvalue weighted by atomic mass is 10.0. The zero-order valence-corrected chi connectivity index (χ0v) is 80.4. The smallest absolute Gasteiger partial charge is 0.238 e. The second-order valence-electron chi connectivity index (χ2n) is 37.4. The molecule has 0 saturated carbocycles. The third-order valence-corrected chi connectivity index (χ3v) is 29.0. The number of para-hydroxylation sites is 9. The maximum Gasteiger partial charge on any atom is 0.238 e. The predicted molar refractivity (Wildman–Crippen MR) is 609 cm³/mol. The van der Waals surface area contributed by atoms with Gasteiger partial charge < -0.3 is 18.3 Å². The van der Waals surface area contributed by atoms with Crippen molar-refractivity contribution in [3.63, 3.8) is 0 Å². The Kier molecular flexibility index (Phi) is 20.4. The van der Waals surface area contributed by atoms with E-state index in [0.29, 0.717) is 35.2 Å². The van der Waals surface area contributed by atoms with E-state index in [4.69, 9.17) is 44.9 Å². The molecule has 0 aliphatic rings. The number of rotatable bonds is 13. The van der Waals surface area contributed by atoms with Crippen LogP contribution in [0.5, 0.6) is 0 Å². The molecule has 0 atom stereocenters. The molecule has 700 valence electrons. The molecule has 0 aliphatic carbocycles. The Morgan fingerprint density at radius 1 is 0.147 bits per heavy atom. The molecule has 20 aromatic carbocycles. The van der Waals surface area contributed by atoms with Crippen molar-refractivity contribution >= 4 is 164 Å². The normalized spacial score (nSPS) is 11.7. The highest BCUT2D eigenvalue weighted by molar-refractivity contribution is 6.39. The Balaban J connectivity index is 0.000000107. The van der Waals surface area contributed by atoms with Gasteiger partial charge in [-0.15, -0.1) is 0 Å². The van der Waals surface area contributed by atoms with E-state index in [1.54, 1.807) is 19.0 Å². The number of hydrogen-bond donors (Lipinski definition) is 0. The molecule has 18 heteroatoms. The highest BCUT2D eigenvalue weighted by Crippen LogP contribution is 2.52. The number of nitrogens with zero attached hydrogens (tertiary/aromatic N) is 18. The Hall–Kier alpha value is -20.8. The first-order valence-electron chi connectivity index (χ1n) is 50.0.